The van der Waals surface area contributed by atoms with Crippen LogP contribution in [0.1, 0.15) is 22.7 Å². The third-order valence-corrected chi connectivity index (χ3v) is 5.83. The lowest BCUT2D eigenvalue weighted by Gasteiger charge is -2.20. The van der Waals surface area contributed by atoms with Gasteiger partial charge in [0.05, 0.1) is 22.5 Å². The summed E-state index contributed by atoms with van der Waals surface area (Å²) in [6.45, 7) is 2.12. The van der Waals surface area contributed by atoms with Gasteiger partial charge in [-0.05, 0) is 42.3 Å². The molecule has 0 spiro atoms. The molecule has 2 aromatic heterocycles. The van der Waals surface area contributed by atoms with Crippen LogP contribution in [0.3, 0.4) is 0 Å². The molecule has 1 atom stereocenters. The van der Waals surface area contributed by atoms with Gasteiger partial charge < -0.3 is 4.57 Å². The fourth-order valence-corrected chi connectivity index (χ4v) is 4.48. The smallest absolute Gasteiger partial charge is 0.281 e. The van der Waals surface area contributed by atoms with Crippen molar-refractivity contribution in [1.82, 2.24) is 14.5 Å². The van der Waals surface area contributed by atoms with E-state index in [2.05, 4.69) is 52.9 Å². The molecule has 3 aromatic carbocycles. The van der Waals surface area contributed by atoms with E-state index < -0.39 is 0 Å². The van der Waals surface area contributed by atoms with Gasteiger partial charge in [-0.1, -0.05) is 54.6 Å². The van der Waals surface area contributed by atoms with Crippen molar-refractivity contribution in [3.63, 3.8) is 0 Å². The summed E-state index contributed by atoms with van der Waals surface area (Å²) in [4.78, 5) is 22.2. The molecule has 0 amide bonds. The van der Waals surface area contributed by atoms with E-state index in [1.165, 1.54) is 11.1 Å². The second kappa shape index (κ2) is 5.85. The van der Waals surface area contributed by atoms with Crippen LogP contribution in [0.5, 0.6) is 0 Å². The molecule has 0 radical (unpaired) electrons. The minimum absolute atomic E-state index is 0.0729. The predicted octanol–water partition coefficient (Wildman–Crippen LogP) is 4.87. The fraction of sp³-hybridized carbons (Fsp3) is 0.0800. The van der Waals surface area contributed by atoms with Gasteiger partial charge in [-0.25, -0.2) is 4.98 Å². The molecule has 4 nitrogen and oxygen atoms in total. The molecule has 0 bridgehead atoms. The Morgan fingerprint density at radius 2 is 1.59 bits per heavy atom. The number of aryl methyl sites for hydroxylation is 1. The number of hydrogen-bond donors (Lipinski definition) is 0. The van der Waals surface area contributed by atoms with Crippen molar-refractivity contribution in [2.45, 2.75) is 13.0 Å². The number of hydrogen-bond acceptors (Lipinski definition) is 3. The van der Waals surface area contributed by atoms with E-state index in [-0.39, 0.29) is 11.6 Å². The summed E-state index contributed by atoms with van der Waals surface area (Å²) in [5.74, 6) is 0.641. The number of nitrogens with zero attached hydrogens (tertiary/aromatic N) is 3. The fourth-order valence-electron chi connectivity index (χ4n) is 4.48. The highest BCUT2D eigenvalue weighted by Gasteiger charge is 2.34. The number of benzene rings is 3. The van der Waals surface area contributed by atoms with Crippen LogP contribution in [0.2, 0.25) is 0 Å². The van der Waals surface area contributed by atoms with Crippen LogP contribution in [0.4, 0.5) is 0 Å². The minimum Gasteiger partial charge on any atom is -0.312 e. The van der Waals surface area contributed by atoms with Crippen molar-refractivity contribution >= 4 is 21.8 Å². The first-order chi connectivity index (χ1) is 14.2. The molecule has 1 unspecified atom stereocenters. The zero-order valence-corrected chi connectivity index (χ0v) is 15.8. The predicted molar refractivity (Wildman–Crippen MR) is 115 cm³/mol. The van der Waals surface area contributed by atoms with E-state index in [1.54, 1.807) is 0 Å². The zero-order valence-electron chi connectivity index (χ0n) is 15.8. The van der Waals surface area contributed by atoms with Crippen molar-refractivity contribution < 1.29 is 0 Å². The molecule has 5 aromatic rings. The van der Waals surface area contributed by atoms with Gasteiger partial charge in [0.25, 0.3) is 5.56 Å². The molecule has 1 aliphatic rings. The Bertz CT molecular complexity index is 1500. The summed E-state index contributed by atoms with van der Waals surface area (Å²) in [6.07, 6.45) is 0. The van der Waals surface area contributed by atoms with Gasteiger partial charge in [-0.15, -0.1) is 0 Å². The van der Waals surface area contributed by atoms with Crippen molar-refractivity contribution in [2.75, 3.05) is 0 Å². The number of pyridine rings is 1. The first kappa shape index (κ1) is 16.2. The van der Waals surface area contributed by atoms with Crippen LogP contribution < -0.4 is 5.56 Å². The van der Waals surface area contributed by atoms with E-state index in [9.17, 15) is 4.79 Å². The van der Waals surface area contributed by atoms with Gasteiger partial charge in [0.2, 0.25) is 0 Å². The highest BCUT2D eigenvalue weighted by atomic mass is 16.1. The molecule has 0 fully saturated rings. The van der Waals surface area contributed by atoms with E-state index in [1.807, 2.05) is 42.5 Å². The van der Waals surface area contributed by atoms with Gasteiger partial charge in [0.1, 0.15) is 5.69 Å². The Morgan fingerprint density at radius 1 is 0.828 bits per heavy atom. The Morgan fingerprint density at radius 3 is 2.48 bits per heavy atom. The summed E-state index contributed by atoms with van der Waals surface area (Å²) in [7, 11) is 0. The maximum atomic E-state index is 12.8. The molecule has 0 N–H and O–H groups in total. The lowest BCUT2D eigenvalue weighted by Crippen LogP contribution is -2.17. The maximum absolute atomic E-state index is 12.8. The second-order valence-corrected chi connectivity index (χ2v) is 7.51. The highest BCUT2D eigenvalue weighted by molar-refractivity contribution is 5.87. The summed E-state index contributed by atoms with van der Waals surface area (Å²) >= 11 is 0. The first-order valence-electron chi connectivity index (χ1n) is 9.69. The topological polar surface area (TPSA) is 47.8 Å². The Hall–Kier alpha value is -3.79. The molecule has 0 saturated carbocycles. The van der Waals surface area contributed by atoms with Crippen LogP contribution in [-0.2, 0) is 0 Å². The highest BCUT2D eigenvalue weighted by Crippen LogP contribution is 2.44. The van der Waals surface area contributed by atoms with Crippen LogP contribution in [0.25, 0.3) is 33.3 Å². The monoisotopic (exact) mass is 375 g/mol. The Balaban J connectivity index is 1.80. The largest absolute Gasteiger partial charge is 0.312 e. The summed E-state index contributed by atoms with van der Waals surface area (Å²) in [5.41, 5.74) is 5.86. The quantitative estimate of drug-likeness (QED) is 0.412. The van der Waals surface area contributed by atoms with E-state index >= 15 is 0 Å². The number of aromatic nitrogens is 3. The average Bonchev–Trinajstić information content (AvgIpc) is 3.06. The van der Waals surface area contributed by atoms with Crippen molar-refractivity contribution in [1.29, 1.82) is 0 Å². The van der Waals surface area contributed by atoms with E-state index in [4.69, 9.17) is 4.98 Å². The third kappa shape index (κ3) is 2.23. The summed E-state index contributed by atoms with van der Waals surface area (Å²) in [6, 6.07) is 26.3. The van der Waals surface area contributed by atoms with Crippen molar-refractivity contribution in [2.24, 2.45) is 0 Å². The van der Waals surface area contributed by atoms with Gasteiger partial charge in [-0.3, -0.25) is 4.79 Å². The van der Waals surface area contributed by atoms with Gasteiger partial charge >= 0.3 is 0 Å². The van der Waals surface area contributed by atoms with E-state index in [0.29, 0.717) is 11.2 Å². The summed E-state index contributed by atoms with van der Waals surface area (Å²) in [5, 5.41) is 1.72. The molecule has 138 valence electrons. The van der Waals surface area contributed by atoms with Crippen LogP contribution >= 0.6 is 0 Å². The van der Waals surface area contributed by atoms with Crippen LogP contribution in [-0.4, -0.2) is 14.5 Å². The summed E-state index contributed by atoms with van der Waals surface area (Å²) < 4.78 is 2.18. The van der Waals surface area contributed by atoms with Crippen molar-refractivity contribution in [3.05, 3.63) is 106 Å². The second-order valence-electron chi connectivity index (χ2n) is 7.51. The molecule has 4 heteroatoms. The molecule has 0 saturated heterocycles. The normalized spacial score (nSPS) is 14.9. The zero-order chi connectivity index (χ0) is 19.5. The number of rotatable bonds is 1. The number of para-hydroxylation sites is 2. The van der Waals surface area contributed by atoms with Crippen LogP contribution in [0, 0.1) is 6.92 Å². The standard InChI is InChI=1S/C25H17N3O/c1-15-8-2-4-10-17(15)23-19-14-16-9-3-6-12-20(16)26-22(19)24-27-25(29)18-11-5-7-13-21(18)28(23)24/h2-14,23H,1H3. The SMILES string of the molecule is Cc1ccccc1C1c2cc3ccccc3nc2-c2nc(=O)c3ccccc3n21. The minimum atomic E-state index is -0.210. The average molecular weight is 375 g/mol. The van der Waals surface area contributed by atoms with Gasteiger partial charge in [0.15, 0.2) is 5.82 Å². The van der Waals surface area contributed by atoms with Gasteiger partial charge in [0, 0.05) is 10.9 Å². The number of fused-ring (bicyclic) bond motifs is 6. The Labute approximate surface area is 167 Å². The molecule has 3 heterocycles. The van der Waals surface area contributed by atoms with E-state index in [0.717, 1.165) is 27.7 Å². The van der Waals surface area contributed by atoms with Crippen LogP contribution in [0.15, 0.2) is 83.7 Å². The molecule has 1 aliphatic heterocycles. The maximum Gasteiger partial charge on any atom is 0.281 e. The molecule has 29 heavy (non-hydrogen) atoms. The molecule has 6 rings (SSSR count). The lowest BCUT2D eigenvalue weighted by molar-refractivity contribution is 0.722. The lowest BCUT2D eigenvalue weighted by atomic mass is 9.95. The molecular weight excluding hydrogens is 358 g/mol. The molecule has 0 aliphatic carbocycles. The molecular formula is C25H17N3O. The Kier molecular flexibility index (Phi) is 3.27. The third-order valence-electron chi connectivity index (χ3n) is 5.83. The van der Waals surface area contributed by atoms with Crippen molar-refractivity contribution in [3.8, 4) is 11.5 Å². The van der Waals surface area contributed by atoms with Gasteiger partial charge in [-0.2, -0.15) is 4.98 Å². The first-order valence-corrected chi connectivity index (χ1v) is 9.69.